The van der Waals surface area contributed by atoms with Crippen molar-refractivity contribution in [3.8, 4) is 0 Å². The van der Waals surface area contributed by atoms with Crippen LogP contribution < -0.4 is 0 Å². The highest BCUT2D eigenvalue weighted by atomic mass is 32.2. The minimum absolute atomic E-state index is 0.0662. The first-order valence-electron chi connectivity index (χ1n) is 8.44. The van der Waals surface area contributed by atoms with Gasteiger partial charge in [-0.2, -0.15) is 11.8 Å². The van der Waals surface area contributed by atoms with Crippen LogP contribution in [0.2, 0.25) is 0 Å². The number of methoxy groups -OCH3 is 1. The summed E-state index contributed by atoms with van der Waals surface area (Å²) in [5.41, 5.74) is 2.67. The second kappa shape index (κ2) is 8.98. The van der Waals surface area contributed by atoms with Gasteiger partial charge in [-0.25, -0.2) is 0 Å². The lowest BCUT2D eigenvalue weighted by Gasteiger charge is -2.37. The molecule has 0 bridgehead atoms. The standard InChI is InChI=1S/C22H28OS/c1-18-11-7-5-10-14-21(23-3)20(16-15-18)22(2,24-4)17-19-12-8-6-9-13-19/h5-15,20H,16-17H2,1-4H3/b10-5+,11-7-,18-15+,21-14-. The third-order valence-corrected chi connectivity index (χ3v) is 6.06. The lowest BCUT2D eigenvalue weighted by Crippen LogP contribution is -2.35. The summed E-state index contributed by atoms with van der Waals surface area (Å²) < 4.78 is 5.87. The van der Waals surface area contributed by atoms with Gasteiger partial charge in [-0.15, -0.1) is 0 Å². The summed E-state index contributed by atoms with van der Waals surface area (Å²) >= 11 is 1.93. The van der Waals surface area contributed by atoms with Crippen molar-refractivity contribution in [1.29, 1.82) is 0 Å². The molecule has 1 aliphatic rings. The second-order valence-electron chi connectivity index (χ2n) is 6.43. The Morgan fingerprint density at radius 3 is 2.58 bits per heavy atom. The zero-order valence-corrected chi connectivity index (χ0v) is 16.0. The molecule has 0 aromatic heterocycles. The van der Waals surface area contributed by atoms with Crippen LogP contribution in [0.25, 0.3) is 0 Å². The highest BCUT2D eigenvalue weighted by Crippen LogP contribution is 2.41. The van der Waals surface area contributed by atoms with Gasteiger partial charge in [0.1, 0.15) is 5.76 Å². The normalized spacial score (nSPS) is 27.8. The Labute approximate surface area is 151 Å². The summed E-state index contributed by atoms with van der Waals surface area (Å²) in [6, 6.07) is 10.7. The average Bonchev–Trinajstić information content (AvgIpc) is 2.60. The molecule has 2 rings (SSSR count). The summed E-state index contributed by atoms with van der Waals surface area (Å²) in [6.07, 6.45) is 17.0. The molecule has 2 atom stereocenters. The highest BCUT2D eigenvalue weighted by Gasteiger charge is 2.36. The van der Waals surface area contributed by atoms with Gasteiger partial charge in [0.2, 0.25) is 0 Å². The van der Waals surface area contributed by atoms with Crippen molar-refractivity contribution in [2.45, 2.75) is 31.4 Å². The van der Waals surface area contributed by atoms with Gasteiger partial charge in [0, 0.05) is 10.7 Å². The Hall–Kier alpha value is -1.67. The first kappa shape index (κ1) is 18.7. The van der Waals surface area contributed by atoms with Gasteiger partial charge < -0.3 is 4.74 Å². The van der Waals surface area contributed by atoms with Crippen LogP contribution in [0.15, 0.2) is 78.1 Å². The minimum Gasteiger partial charge on any atom is -0.501 e. The van der Waals surface area contributed by atoms with E-state index in [9.17, 15) is 0 Å². The molecule has 0 aliphatic heterocycles. The summed E-state index contributed by atoms with van der Waals surface area (Å²) in [6.45, 7) is 4.52. The van der Waals surface area contributed by atoms with E-state index in [4.69, 9.17) is 4.74 Å². The smallest absolute Gasteiger partial charge is 0.100 e. The highest BCUT2D eigenvalue weighted by molar-refractivity contribution is 8.00. The molecule has 24 heavy (non-hydrogen) atoms. The van der Waals surface area contributed by atoms with Crippen LogP contribution in [0.3, 0.4) is 0 Å². The number of hydrogen-bond acceptors (Lipinski definition) is 2. The Morgan fingerprint density at radius 1 is 1.17 bits per heavy atom. The van der Waals surface area contributed by atoms with Crippen molar-refractivity contribution < 1.29 is 4.74 Å². The monoisotopic (exact) mass is 340 g/mol. The largest absolute Gasteiger partial charge is 0.501 e. The first-order valence-corrected chi connectivity index (χ1v) is 9.66. The van der Waals surface area contributed by atoms with Crippen molar-refractivity contribution in [2.75, 3.05) is 13.4 Å². The zero-order valence-electron chi connectivity index (χ0n) is 15.2. The van der Waals surface area contributed by atoms with E-state index in [1.807, 2.05) is 11.8 Å². The quantitative estimate of drug-likeness (QED) is 0.654. The SMILES string of the molecule is CO\C1=C/C=C/C=C\C(C)=C\CC1C(C)(Cc1ccccc1)SC. The fourth-order valence-corrected chi connectivity index (χ4v) is 3.93. The van der Waals surface area contributed by atoms with Gasteiger partial charge in [-0.1, -0.05) is 66.3 Å². The molecule has 1 aromatic rings. The fourth-order valence-electron chi connectivity index (χ4n) is 3.13. The van der Waals surface area contributed by atoms with E-state index in [2.05, 4.69) is 86.9 Å². The summed E-state index contributed by atoms with van der Waals surface area (Å²) in [5, 5.41) is 0. The number of thioether (sulfide) groups is 1. The number of rotatable bonds is 5. The first-order chi connectivity index (χ1) is 11.6. The molecule has 1 aromatic carbocycles. The number of ether oxygens (including phenoxy) is 1. The van der Waals surface area contributed by atoms with Gasteiger partial charge >= 0.3 is 0 Å². The molecular formula is C22H28OS. The summed E-state index contributed by atoms with van der Waals surface area (Å²) in [4.78, 5) is 0. The predicted molar refractivity (Wildman–Crippen MR) is 107 cm³/mol. The molecule has 0 fully saturated rings. The zero-order chi connectivity index (χ0) is 17.4. The van der Waals surface area contributed by atoms with E-state index in [-0.39, 0.29) is 4.75 Å². The fraction of sp³-hybridized carbons (Fsp3) is 0.364. The molecule has 2 heteroatoms. The van der Waals surface area contributed by atoms with Gasteiger partial charge in [-0.3, -0.25) is 0 Å². The topological polar surface area (TPSA) is 9.23 Å². The summed E-state index contributed by atoms with van der Waals surface area (Å²) in [7, 11) is 1.79. The number of hydrogen-bond donors (Lipinski definition) is 0. The van der Waals surface area contributed by atoms with Crippen LogP contribution in [0.4, 0.5) is 0 Å². The number of benzene rings is 1. The Kier molecular flexibility index (Phi) is 6.99. The van der Waals surface area contributed by atoms with Gasteiger partial charge in [0.05, 0.1) is 7.11 Å². The van der Waals surface area contributed by atoms with Gasteiger partial charge in [0.15, 0.2) is 0 Å². The van der Waals surface area contributed by atoms with Crippen LogP contribution in [0, 0.1) is 5.92 Å². The molecular weight excluding hydrogens is 312 g/mol. The Morgan fingerprint density at radius 2 is 1.92 bits per heavy atom. The molecule has 0 heterocycles. The maximum absolute atomic E-state index is 5.80. The lowest BCUT2D eigenvalue weighted by atomic mass is 9.82. The third kappa shape index (κ3) is 4.91. The average molecular weight is 341 g/mol. The van der Waals surface area contributed by atoms with E-state index in [0.29, 0.717) is 5.92 Å². The molecule has 1 nitrogen and oxygen atoms in total. The van der Waals surface area contributed by atoms with Crippen LogP contribution >= 0.6 is 11.8 Å². The predicted octanol–water partition coefficient (Wildman–Crippen LogP) is 5.96. The molecule has 0 radical (unpaired) electrons. The van der Waals surface area contributed by atoms with Crippen LogP contribution in [0.1, 0.15) is 25.8 Å². The van der Waals surface area contributed by atoms with E-state index in [1.54, 1.807) is 7.11 Å². The van der Waals surface area contributed by atoms with Crippen molar-refractivity contribution in [2.24, 2.45) is 5.92 Å². The van der Waals surface area contributed by atoms with Crippen LogP contribution in [0.5, 0.6) is 0 Å². The molecule has 0 amide bonds. The van der Waals surface area contributed by atoms with Crippen molar-refractivity contribution in [3.63, 3.8) is 0 Å². The lowest BCUT2D eigenvalue weighted by molar-refractivity contribution is 0.220. The minimum atomic E-state index is 0.0662. The van der Waals surface area contributed by atoms with Crippen LogP contribution in [-0.4, -0.2) is 18.1 Å². The van der Waals surface area contributed by atoms with Crippen molar-refractivity contribution in [3.05, 3.63) is 83.7 Å². The molecule has 0 saturated heterocycles. The maximum atomic E-state index is 5.80. The number of allylic oxidation sites excluding steroid dienone is 8. The van der Waals surface area contributed by atoms with Gasteiger partial charge in [0.25, 0.3) is 0 Å². The van der Waals surface area contributed by atoms with Crippen LogP contribution in [-0.2, 0) is 11.2 Å². The van der Waals surface area contributed by atoms with Crippen molar-refractivity contribution >= 4 is 11.8 Å². The molecule has 128 valence electrons. The molecule has 2 unspecified atom stereocenters. The van der Waals surface area contributed by atoms with E-state index >= 15 is 0 Å². The molecule has 0 N–H and O–H groups in total. The molecule has 0 spiro atoms. The maximum Gasteiger partial charge on any atom is 0.100 e. The van der Waals surface area contributed by atoms with E-state index in [0.717, 1.165) is 18.6 Å². The summed E-state index contributed by atoms with van der Waals surface area (Å²) in [5.74, 6) is 1.38. The molecule has 0 saturated carbocycles. The Balaban J connectivity index is 2.38. The second-order valence-corrected chi connectivity index (χ2v) is 7.77. The third-order valence-electron chi connectivity index (χ3n) is 4.70. The van der Waals surface area contributed by atoms with E-state index < -0.39 is 0 Å². The van der Waals surface area contributed by atoms with E-state index in [1.165, 1.54) is 11.1 Å². The van der Waals surface area contributed by atoms with Gasteiger partial charge in [-0.05, 0) is 44.6 Å². The van der Waals surface area contributed by atoms with Crippen molar-refractivity contribution in [1.82, 2.24) is 0 Å². The molecule has 1 aliphatic carbocycles. The Bertz CT molecular complexity index is 639.